The molecular weight excluding hydrogens is 429 g/mol. The molecule has 1 amide bonds. The van der Waals surface area contributed by atoms with Gasteiger partial charge in [-0.25, -0.2) is 9.18 Å². The molecule has 0 spiro atoms. The molecule has 1 N–H and O–H groups in total. The van der Waals surface area contributed by atoms with Gasteiger partial charge in [0.1, 0.15) is 12.4 Å². The van der Waals surface area contributed by atoms with Gasteiger partial charge < -0.3 is 14.7 Å². The fourth-order valence-corrected chi connectivity index (χ4v) is 6.52. The lowest BCUT2D eigenvalue weighted by Crippen LogP contribution is -2.52. The molecule has 2 aliphatic heterocycles. The summed E-state index contributed by atoms with van der Waals surface area (Å²) >= 11 is 0. The van der Waals surface area contributed by atoms with E-state index in [0.717, 1.165) is 12.8 Å². The van der Waals surface area contributed by atoms with Crippen molar-refractivity contribution in [2.45, 2.75) is 56.2 Å². The number of aliphatic hydroxyl groups is 1. The Morgan fingerprint density at radius 2 is 1.56 bits per heavy atom. The Morgan fingerprint density at radius 3 is 2.18 bits per heavy atom. The van der Waals surface area contributed by atoms with Crippen LogP contribution in [0, 0.1) is 12.7 Å². The number of nitrogens with zero attached hydrogens (tertiary/aromatic N) is 1. The molecule has 34 heavy (non-hydrogen) atoms. The lowest BCUT2D eigenvalue weighted by molar-refractivity contribution is -0.0536. The second kappa shape index (κ2) is 7.95. The molecule has 3 aliphatic rings. The van der Waals surface area contributed by atoms with Crippen LogP contribution in [0.15, 0.2) is 66.7 Å². The maximum Gasteiger partial charge on any atom is 0.410 e. The molecule has 3 aromatic rings. The molecule has 2 fully saturated rings. The summed E-state index contributed by atoms with van der Waals surface area (Å²) < 4.78 is 20.1. The van der Waals surface area contributed by atoms with Gasteiger partial charge in [0.2, 0.25) is 0 Å². The van der Waals surface area contributed by atoms with Crippen molar-refractivity contribution in [3.8, 4) is 11.1 Å². The Labute approximate surface area is 199 Å². The van der Waals surface area contributed by atoms with Crippen LogP contribution in [0.2, 0.25) is 0 Å². The molecule has 2 atom stereocenters. The minimum absolute atomic E-state index is 0.0191. The predicted octanol–water partition coefficient (Wildman–Crippen LogP) is 5.90. The number of halogens is 1. The number of carbonyl (C=O) groups is 1. The maximum absolute atomic E-state index is 14.2. The summed E-state index contributed by atoms with van der Waals surface area (Å²) in [5.41, 5.74) is 4.78. The monoisotopic (exact) mass is 457 g/mol. The third-order valence-electron chi connectivity index (χ3n) is 8.08. The molecule has 4 nitrogen and oxygen atoms in total. The van der Waals surface area contributed by atoms with Crippen LogP contribution in [0.25, 0.3) is 11.1 Å². The van der Waals surface area contributed by atoms with Gasteiger partial charge >= 0.3 is 6.09 Å². The number of hydrogen-bond donors (Lipinski definition) is 1. The van der Waals surface area contributed by atoms with E-state index in [1.165, 1.54) is 28.3 Å². The quantitative estimate of drug-likeness (QED) is 0.533. The summed E-state index contributed by atoms with van der Waals surface area (Å²) in [6.07, 6.45) is 2.14. The van der Waals surface area contributed by atoms with Crippen LogP contribution in [-0.2, 0) is 10.3 Å². The highest BCUT2D eigenvalue weighted by Gasteiger charge is 2.51. The summed E-state index contributed by atoms with van der Waals surface area (Å²) in [6.45, 7) is 2.00. The number of hydrogen-bond acceptors (Lipinski definition) is 3. The van der Waals surface area contributed by atoms with E-state index in [0.29, 0.717) is 24.0 Å². The first-order valence-electron chi connectivity index (χ1n) is 12.1. The Bertz CT molecular complexity index is 1210. The zero-order valence-electron chi connectivity index (χ0n) is 19.2. The van der Waals surface area contributed by atoms with Gasteiger partial charge in [-0.1, -0.05) is 60.7 Å². The van der Waals surface area contributed by atoms with Crippen LogP contribution >= 0.6 is 0 Å². The van der Waals surface area contributed by atoms with Gasteiger partial charge in [-0.3, -0.25) is 0 Å². The summed E-state index contributed by atoms with van der Waals surface area (Å²) in [7, 11) is 0. The van der Waals surface area contributed by atoms with Crippen molar-refractivity contribution < 1.29 is 19.0 Å². The average Bonchev–Trinajstić information content (AvgIpc) is 3.31. The second-order valence-corrected chi connectivity index (χ2v) is 9.95. The van der Waals surface area contributed by atoms with E-state index in [-0.39, 0.29) is 36.5 Å². The van der Waals surface area contributed by atoms with E-state index in [9.17, 15) is 14.3 Å². The number of fused-ring (bicyclic) bond motifs is 5. The second-order valence-electron chi connectivity index (χ2n) is 9.95. The van der Waals surface area contributed by atoms with Crippen molar-refractivity contribution in [2.75, 3.05) is 6.61 Å². The highest BCUT2D eigenvalue weighted by molar-refractivity contribution is 5.79. The van der Waals surface area contributed by atoms with Gasteiger partial charge in [-0.05, 0) is 59.2 Å². The van der Waals surface area contributed by atoms with Crippen molar-refractivity contribution in [2.24, 2.45) is 0 Å². The van der Waals surface area contributed by atoms with Crippen LogP contribution in [0.1, 0.15) is 53.9 Å². The SMILES string of the molecule is Cc1c(F)cccc1C1(O)CC2CCC(C1)N2C(=O)OCC1c2ccccc2-c2ccccc21. The predicted molar refractivity (Wildman–Crippen MR) is 128 cm³/mol. The molecule has 5 heteroatoms. The van der Waals surface area contributed by atoms with Crippen LogP contribution in [0.3, 0.4) is 0 Å². The number of piperidine rings is 1. The third-order valence-corrected chi connectivity index (χ3v) is 8.08. The lowest BCUT2D eigenvalue weighted by atomic mass is 9.79. The van der Waals surface area contributed by atoms with E-state index < -0.39 is 5.60 Å². The Morgan fingerprint density at radius 1 is 0.971 bits per heavy atom. The van der Waals surface area contributed by atoms with E-state index in [4.69, 9.17) is 4.74 Å². The molecule has 1 aliphatic carbocycles. The maximum atomic E-state index is 14.2. The fourth-order valence-electron chi connectivity index (χ4n) is 6.52. The standard InChI is InChI=1S/C29H28FNO3/c1-18-26(11-6-12-27(18)30)29(33)15-19-13-14-20(16-29)31(19)28(32)34-17-25-23-9-4-2-7-21(23)22-8-3-5-10-24(22)25/h2-12,19-20,25,33H,13-17H2,1H3. The number of carbonyl (C=O) groups excluding carboxylic acids is 1. The Hall–Kier alpha value is -3.18. The van der Waals surface area contributed by atoms with Gasteiger partial charge in [-0.15, -0.1) is 0 Å². The smallest absolute Gasteiger partial charge is 0.410 e. The number of benzene rings is 3. The molecule has 0 saturated carbocycles. The molecule has 174 valence electrons. The van der Waals surface area contributed by atoms with E-state index in [1.54, 1.807) is 19.1 Å². The van der Waals surface area contributed by atoms with Gasteiger partial charge in [0, 0.05) is 30.8 Å². The minimum atomic E-state index is -1.13. The molecule has 2 unspecified atom stereocenters. The molecule has 2 bridgehead atoms. The molecule has 3 aromatic carbocycles. The first kappa shape index (κ1) is 21.4. The van der Waals surface area contributed by atoms with Crippen molar-refractivity contribution in [3.05, 3.63) is 94.8 Å². The molecule has 6 rings (SSSR count). The third kappa shape index (κ3) is 3.25. The Kier molecular flexibility index (Phi) is 4.99. The fraction of sp³-hybridized carbons (Fsp3) is 0.345. The van der Waals surface area contributed by atoms with Crippen molar-refractivity contribution in [3.63, 3.8) is 0 Å². The Balaban J connectivity index is 1.20. The largest absolute Gasteiger partial charge is 0.448 e. The minimum Gasteiger partial charge on any atom is -0.448 e. The van der Waals surface area contributed by atoms with Crippen molar-refractivity contribution in [1.82, 2.24) is 4.90 Å². The number of rotatable bonds is 3. The molecule has 2 heterocycles. The van der Waals surface area contributed by atoms with E-state index in [1.807, 2.05) is 29.2 Å². The molecule has 0 aromatic heterocycles. The topological polar surface area (TPSA) is 49.8 Å². The lowest BCUT2D eigenvalue weighted by Gasteiger charge is -2.44. The van der Waals surface area contributed by atoms with Gasteiger partial charge in [-0.2, -0.15) is 0 Å². The normalized spacial score (nSPS) is 25.2. The summed E-state index contributed by atoms with van der Waals surface area (Å²) in [6, 6.07) is 21.3. The van der Waals surface area contributed by atoms with Gasteiger partial charge in [0.15, 0.2) is 0 Å². The van der Waals surface area contributed by atoms with Crippen molar-refractivity contribution in [1.29, 1.82) is 0 Å². The molecule has 2 saturated heterocycles. The number of amides is 1. The first-order valence-corrected chi connectivity index (χ1v) is 12.1. The van der Waals surface area contributed by atoms with Crippen LogP contribution in [0.5, 0.6) is 0 Å². The van der Waals surface area contributed by atoms with Crippen LogP contribution in [0.4, 0.5) is 9.18 Å². The van der Waals surface area contributed by atoms with Crippen LogP contribution in [-0.4, -0.2) is 34.8 Å². The summed E-state index contributed by atoms with van der Waals surface area (Å²) in [5.74, 6) is -0.289. The molecular formula is C29H28FNO3. The summed E-state index contributed by atoms with van der Waals surface area (Å²) in [4.78, 5) is 15.1. The highest BCUT2D eigenvalue weighted by Crippen LogP contribution is 2.48. The number of ether oxygens (including phenoxy) is 1. The van der Waals surface area contributed by atoms with E-state index in [2.05, 4.69) is 24.3 Å². The van der Waals surface area contributed by atoms with Gasteiger partial charge in [0.05, 0.1) is 5.60 Å². The van der Waals surface area contributed by atoms with E-state index >= 15 is 0 Å². The zero-order valence-corrected chi connectivity index (χ0v) is 19.2. The average molecular weight is 458 g/mol. The van der Waals surface area contributed by atoms with Gasteiger partial charge in [0.25, 0.3) is 0 Å². The van der Waals surface area contributed by atoms with Crippen molar-refractivity contribution >= 4 is 6.09 Å². The molecule has 0 radical (unpaired) electrons. The first-order chi connectivity index (χ1) is 16.5. The summed E-state index contributed by atoms with van der Waals surface area (Å²) in [5, 5.41) is 11.5. The zero-order chi connectivity index (χ0) is 23.4. The van der Waals surface area contributed by atoms with Crippen LogP contribution < -0.4 is 0 Å². The highest BCUT2D eigenvalue weighted by atomic mass is 19.1.